The molecule has 0 amide bonds. The maximum atomic E-state index is 4.21. The quantitative estimate of drug-likeness (QED) is 0.527. The zero-order chi connectivity index (χ0) is 14.1. The van der Waals surface area contributed by atoms with Crippen LogP contribution < -0.4 is 0 Å². The molecule has 2 aromatic heterocycles. The van der Waals surface area contributed by atoms with Gasteiger partial charge >= 0.3 is 126 Å². The van der Waals surface area contributed by atoms with Crippen LogP contribution in [0.4, 0.5) is 0 Å². The normalized spacial score (nSPS) is 11.4. The Hall–Kier alpha value is -2.24. The van der Waals surface area contributed by atoms with Crippen molar-refractivity contribution in [3.05, 3.63) is 48.5 Å². The first kappa shape index (κ1) is 12.5. The first-order valence-corrected chi connectivity index (χ1v) is 8.98. The molecule has 0 radical (unpaired) electrons. The molecule has 4 rings (SSSR count). The van der Waals surface area contributed by atoms with E-state index in [0.717, 1.165) is 33.0 Å². The molecule has 0 aliphatic rings. The van der Waals surface area contributed by atoms with E-state index in [2.05, 4.69) is 32.8 Å². The molecule has 0 aliphatic carbocycles. The molecule has 0 spiro atoms. The summed E-state index contributed by atoms with van der Waals surface area (Å²) in [4.78, 5) is 0. The van der Waals surface area contributed by atoms with E-state index in [4.69, 9.17) is 0 Å². The number of rotatable bonds is 4. The summed E-state index contributed by atoms with van der Waals surface area (Å²) in [5, 5.41) is 16.8. The fourth-order valence-electron chi connectivity index (χ4n) is 2.24. The van der Waals surface area contributed by atoms with Crippen LogP contribution in [0, 0.1) is 0 Å². The standard InChI is InChI=1S/C14H12N6Se/c1-3-7-13-11(5-1)15-17-19(13)9-21-10-20-14-8-4-2-6-12(14)16-18-20/h1-8H,9-10H2. The SMILES string of the molecule is c1ccc2c(c1)nnn2C[Se]Cn1nnc2ccccc21. The fraction of sp³-hybridized carbons (Fsp3) is 0.143. The van der Waals surface area contributed by atoms with Gasteiger partial charge in [0.15, 0.2) is 0 Å². The van der Waals surface area contributed by atoms with Crippen molar-refractivity contribution < 1.29 is 0 Å². The van der Waals surface area contributed by atoms with E-state index in [1.807, 2.05) is 45.8 Å². The molecular weight excluding hydrogens is 331 g/mol. The van der Waals surface area contributed by atoms with Crippen molar-refractivity contribution in [1.82, 2.24) is 30.0 Å². The van der Waals surface area contributed by atoms with Crippen molar-refractivity contribution in [1.29, 1.82) is 0 Å². The van der Waals surface area contributed by atoms with Crippen molar-refractivity contribution in [3.8, 4) is 0 Å². The summed E-state index contributed by atoms with van der Waals surface area (Å²) in [6.07, 6.45) is 0. The van der Waals surface area contributed by atoms with E-state index in [1.54, 1.807) is 0 Å². The van der Waals surface area contributed by atoms with Gasteiger partial charge in [-0.1, -0.05) is 0 Å². The van der Waals surface area contributed by atoms with Gasteiger partial charge in [0.2, 0.25) is 0 Å². The number of aromatic nitrogens is 6. The molecule has 2 heterocycles. The van der Waals surface area contributed by atoms with E-state index in [9.17, 15) is 0 Å². The van der Waals surface area contributed by atoms with Gasteiger partial charge < -0.3 is 0 Å². The van der Waals surface area contributed by atoms with Gasteiger partial charge in [0.25, 0.3) is 0 Å². The van der Waals surface area contributed by atoms with Crippen LogP contribution in [0.3, 0.4) is 0 Å². The summed E-state index contributed by atoms with van der Waals surface area (Å²) in [7, 11) is 0. The summed E-state index contributed by atoms with van der Waals surface area (Å²) in [5.74, 6) is 0. The van der Waals surface area contributed by atoms with Gasteiger partial charge in [-0.25, -0.2) is 0 Å². The Kier molecular flexibility index (Phi) is 3.14. The second-order valence-electron chi connectivity index (χ2n) is 4.62. The number of nitrogens with zero attached hydrogens (tertiary/aromatic N) is 6. The zero-order valence-electron chi connectivity index (χ0n) is 11.1. The number of fused-ring (bicyclic) bond motifs is 2. The average Bonchev–Trinajstić information content (AvgIpc) is 3.13. The van der Waals surface area contributed by atoms with Gasteiger partial charge in [0.05, 0.1) is 0 Å². The predicted octanol–water partition coefficient (Wildman–Crippen LogP) is 1.50. The van der Waals surface area contributed by atoms with Crippen molar-refractivity contribution in [2.75, 3.05) is 0 Å². The van der Waals surface area contributed by atoms with Crippen LogP contribution in [0.1, 0.15) is 0 Å². The molecule has 0 aliphatic heterocycles. The topological polar surface area (TPSA) is 61.4 Å². The molecular formula is C14H12N6Se. The van der Waals surface area contributed by atoms with Crippen molar-refractivity contribution in [3.63, 3.8) is 0 Å². The van der Waals surface area contributed by atoms with Gasteiger partial charge in [-0.05, 0) is 0 Å². The van der Waals surface area contributed by atoms with Crippen LogP contribution in [-0.2, 0) is 10.9 Å². The number of benzene rings is 2. The second kappa shape index (κ2) is 5.27. The number of hydrogen-bond acceptors (Lipinski definition) is 4. The van der Waals surface area contributed by atoms with Gasteiger partial charge in [0.1, 0.15) is 0 Å². The van der Waals surface area contributed by atoms with Crippen LogP contribution in [0.2, 0.25) is 0 Å². The van der Waals surface area contributed by atoms with E-state index in [1.165, 1.54) is 0 Å². The fourth-order valence-corrected chi connectivity index (χ4v) is 3.94. The van der Waals surface area contributed by atoms with Crippen molar-refractivity contribution in [2.45, 2.75) is 10.9 Å². The van der Waals surface area contributed by atoms with Crippen molar-refractivity contribution >= 4 is 37.0 Å². The minimum absolute atomic E-state index is 0.340. The van der Waals surface area contributed by atoms with Crippen LogP contribution >= 0.6 is 0 Å². The molecule has 0 saturated carbocycles. The molecule has 0 saturated heterocycles. The van der Waals surface area contributed by atoms with Crippen molar-refractivity contribution in [2.24, 2.45) is 0 Å². The van der Waals surface area contributed by atoms with Gasteiger partial charge in [-0.3, -0.25) is 0 Å². The van der Waals surface area contributed by atoms with Gasteiger partial charge in [-0.2, -0.15) is 0 Å². The molecule has 6 nitrogen and oxygen atoms in total. The molecule has 0 N–H and O–H groups in total. The third kappa shape index (κ3) is 2.30. The summed E-state index contributed by atoms with van der Waals surface area (Å²) in [6, 6.07) is 16.1. The second-order valence-corrected chi connectivity index (χ2v) is 6.56. The summed E-state index contributed by atoms with van der Waals surface area (Å²) in [5.41, 5.74) is 5.81. The Labute approximate surface area is 126 Å². The number of hydrogen-bond donors (Lipinski definition) is 0. The Morgan fingerprint density at radius 1 is 0.714 bits per heavy atom. The monoisotopic (exact) mass is 344 g/mol. The molecule has 104 valence electrons. The van der Waals surface area contributed by atoms with Gasteiger partial charge in [-0.15, -0.1) is 0 Å². The molecule has 21 heavy (non-hydrogen) atoms. The molecule has 0 fully saturated rings. The third-order valence-electron chi connectivity index (χ3n) is 3.27. The third-order valence-corrected chi connectivity index (χ3v) is 5.06. The molecule has 0 bridgehead atoms. The Bertz CT molecular complexity index is 822. The van der Waals surface area contributed by atoms with E-state index >= 15 is 0 Å². The first-order valence-electron chi connectivity index (χ1n) is 6.56. The molecule has 4 aromatic rings. The predicted molar refractivity (Wildman–Crippen MR) is 80.8 cm³/mol. The Morgan fingerprint density at radius 2 is 1.19 bits per heavy atom. The summed E-state index contributed by atoms with van der Waals surface area (Å²) >= 11 is 0.340. The first-order chi connectivity index (χ1) is 10.4. The van der Waals surface area contributed by atoms with Crippen LogP contribution in [0.15, 0.2) is 48.5 Å². The van der Waals surface area contributed by atoms with Gasteiger partial charge in [0, 0.05) is 0 Å². The minimum atomic E-state index is 0.340. The van der Waals surface area contributed by atoms with Crippen LogP contribution in [0.5, 0.6) is 0 Å². The summed E-state index contributed by atoms with van der Waals surface area (Å²) in [6.45, 7) is 0. The number of para-hydroxylation sites is 2. The molecule has 7 heteroatoms. The summed E-state index contributed by atoms with van der Waals surface area (Å²) < 4.78 is 3.93. The van der Waals surface area contributed by atoms with Crippen LogP contribution in [0.25, 0.3) is 22.1 Å². The van der Waals surface area contributed by atoms with E-state index in [-0.39, 0.29) is 0 Å². The molecule has 0 unspecified atom stereocenters. The van der Waals surface area contributed by atoms with E-state index in [0.29, 0.717) is 15.0 Å². The van der Waals surface area contributed by atoms with E-state index < -0.39 is 0 Å². The molecule has 2 aromatic carbocycles. The van der Waals surface area contributed by atoms with Crippen LogP contribution in [-0.4, -0.2) is 44.9 Å². The Balaban J connectivity index is 1.50. The average molecular weight is 343 g/mol. The Morgan fingerprint density at radius 3 is 1.71 bits per heavy atom. The zero-order valence-corrected chi connectivity index (χ0v) is 12.8. The maximum absolute atomic E-state index is 4.21. The molecule has 0 atom stereocenters.